The minimum absolute atomic E-state index is 0.256. The molecule has 2 aromatic heterocycles. The monoisotopic (exact) mass is 414 g/mol. The van der Waals surface area contributed by atoms with Crippen molar-refractivity contribution in [2.45, 2.75) is 6.54 Å². The van der Waals surface area contributed by atoms with Gasteiger partial charge in [0.05, 0.1) is 25.6 Å². The summed E-state index contributed by atoms with van der Waals surface area (Å²) >= 11 is 0. The summed E-state index contributed by atoms with van der Waals surface area (Å²) in [5.41, 5.74) is 3.74. The maximum Gasteiger partial charge on any atom is 0.272 e. The smallest absolute Gasteiger partial charge is 0.272 e. The molecular weight excluding hydrogens is 392 g/mol. The van der Waals surface area contributed by atoms with E-state index in [9.17, 15) is 4.79 Å². The van der Waals surface area contributed by atoms with E-state index in [1.54, 1.807) is 37.4 Å². The summed E-state index contributed by atoms with van der Waals surface area (Å²) in [6, 6.07) is 20.6. The van der Waals surface area contributed by atoms with E-state index >= 15 is 0 Å². The van der Waals surface area contributed by atoms with Crippen LogP contribution in [0, 0.1) is 0 Å². The maximum absolute atomic E-state index is 12.8. The highest BCUT2D eigenvalue weighted by Crippen LogP contribution is 2.25. The van der Waals surface area contributed by atoms with Gasteiger partial charge in [-0.2, -0.15) is 5.10 Å². The quantitative estimate of drug-likeness (QED) is 0.497. The summed E-state index contributed by atoms with van der Waals surface area (Å²) in [6.45, 7) is 0.389. The molecule has 0 unspecified atom stereocenters. The first-order valence-corrected chi connectivity index (χ1v) is 9.74. The van der Waals surface area contributed by atoms with Crippen LogP contribution in [-0.2, 0) is 6.54 Å². The van der Waals surface area contributed by atoms with Gasteiger partial charge in [-0.05, 0) is 60.2 Å². The molecule has 31 heavy (non-hydrogen) atoms. The van der Waals surface area contributed by atoms with Crippen molar-refractivity contribution in [3.63, 3.8) is 0 Å². The van der Waals surface area contributed by atoms with Gasteiger partial charge in [-0.3, -0.25) is 9.78 Å². The Bertz CT molecular complexity index is 1150. The van der Waals surface area contributed by atoms with Crippen molar-refractivity contribution in [1.29, 1.82) is 0 Å². The molecule has 0 fully saturated rings. The highest BCUT2D eigenvalue weighted by molar-refractivity contribution is 5.93. The highest BCUT2D eigenvalue weighted by Gasteiger charge is 2.17. The summed E-state index contributed by atoms with van der Waals surface area (Å²) in [7, 11) is 3.24. The summed E-state index contributed by atoms with van der Waals surface area (Å²) in [4.78, 5) is 17.0. The summed E-state index contributed by atoms with van der Waals surface area (Å²) in [5, 5.41) is 7.49. The van der Waals surface area contributed by atoms with E-state index in [0.29, 0.717) is 12.2 Å². The predicted octanol–water partition coefficient (Wildman–Crippen LogP) is 3.88. The van der Waals surface area contributed by atoms with Crippen LogP contribution in [0.3, 0.4) is 0 Å². The van der Waals surface area contributed by atoms with Crippen LogP contribution in [0.5, 0.6) is 11.5 Å². The molecule has 0 radical (unpaired) electrons. The topological polar surface area (TPSA) is 78.3 Å². The van der Waals surface area contributed by atoms with Crippen LogP contribution in [0.1, 0.15) is 16.1 Å². The predicted molar refractivity (Wildman–Crippen MR) is 118 cm³/mol. The Morgan fingerprint density at radius 1 is 0.968 bits per heavy atom. The third-order valence-electron chi connectivity index (χ3n) is 4.83. The molecule has 4 aromatic rings. The fourth-order valence-electron chi connectivity index (χ4n) is 3.15. The number of rotatable bonds is 7. The number of carbonyl (C=O) groups excluding carboxylic acids is 1. The van der Waals surface area contributed by atoms with Crippen LogP contribution in [0.15, 0.2) is 79.1 Å². The Morgan fingerprint density at radius 3 is 2.26 bits per heavy atom. The molecule has 2 aromatic carbocycles. The molecule has 0 bridgehead atoms. The molecule has 7 heteroatoms. The second kappa shape index (κ2) is 9.13. The average molecular weight is 414 g/mol. The van der Waals surface area contributed by atoms with Crippen LogP contribution in [0.4, 0.5) is 0 Å². The fraction of sp³-hybridized carbons (Fsp3) is 0.125. The van der Waals surface area contributed by atoms with Gasteiger partial charge in [0, 0.05) is 24.5 Å². The van der Waals surface area contributed by atoms with Gasteiger partial charge in [0.2, 0.25) is 0 Å². The molecule has 0 aliphatic carbocycles. The van der Waals surface area contributed by atoms with Crippen molar-refractivity contribution < 1.29 is 14.3 Å². The van der Waals surface area contributed by atoms with E-state index in [1.807, 2.05) is 60.7 Å². The molecule has 156 valence electrons. The normalized spacial score (nSPS) is 10.5. The van der Waals surface area contributed by atoms with E-state index in [-0.39, 0.29) is 5.91 Å². The van der Waals surface area contributed by atoms with E-state index in [1.165, 1.54) is 0 Å². The van der Waals surface area contributed by atoms with Gasteiger partial charge in [-0.25, -0.2) is 4.68 Å². The summed E-state index contributed by atoms with van der Waals surface area (Å²) in [6.07, 6.45) is 3.45. The number of aromatic nitrogens is 3. The first-order chi connectivity index (χ1) is 15.2. The molecule has 7 nitrogen and oxygen atoms in total. The number of benzene rings is 2. The standard InChI is InChI=1S/C24H22N4O3/c1-30-20-9-5-17(6-10-20)15-26-24(29)22-14-23(18-4-3-13-25-16-18)28(27-22)19-7-11-21(31-2)12-8-19/h3-14,16H,15H2,1-2H3,(H,26,29). The lowest BCUT2D eigenvalue weighted by atomic mass is 10.2. The molecule has 1 N–H and O–H groups in total. The highest BCUT2D eigenvalue weighted by atomic mass is 16.5. The molecule has 4 rings (SSSR count). The zero-order valence-corrected chi connectivity index (χ0v) is 17.3. The van der Waals surface area contributed by atoms with Gasteiger partial charge in [0.15, 0.2) is 5.69 Å². The molecule has 0 saturated carbocycles. The van der Waals surface area contributed by atoms with Gasteiger partial charge in [-0.15, -0.1) is 0 Å². The van der Waals surface area contributed by atoms with Crippen molar-refractivity contribution in [1.82, 2.24) is 20.1 Å². The van der Waals surface area contributed by atoms with Gasteiger partial charge in [-0.1, -0.05) is 12.1 Å². The molecule has 0 saturated heterocycles. The number of hydrogen-bond acceptors (Lipinski definition) is 5. The second-order valence-electron chi connectivity index (χ2n) is 6.80. The van der Waals surface area contributed by atoms with E-state index < -0.39 is 0 Å². The van der Waals surface area contributed by atoms with Crippen LogP contribution in [0.2, 0.25) is 0 Å². The summed E-state index contributed by atoms with van der Waals surface area (Å²) in [5.74, 6) is 1.26. The van der Waals surface area contributed by atoms with Gasteiger partial charge in [0.25, 0.3) is 5.91 Å². The largest absolute Gasteiger partial charge is 0.497 e. The third-order valence-corrected chi connectivity index (χ3v) is 4.83. The molecule has 0 atom stereocenters. The Hall–Kier alpha value is -4.13. The van der Waals surface area contributed by atoms with Crippen molar-refractivity contribution in [3.05, 3.63) is 90.4 Å². The molecule has 0 aliphatic heterocycles. The molecule has 0 spiro atoms. The van der Waals surface area contributed by atoms with Crippen LogP contribution >= 0.6 is 0 Å². The van der Waals surface area contributed by atoms with Crippen LogP contribution in [-0.4, -0.2) is 34.9 Å². The lowest BCUT2D eigenvalue weighted by Gasteiger charge is -2.08. The fourth-order valence-corrected chi connectivity index (χ4v) is 3.15. The molecule has 0 aliphatic rings. The Labute approximate surface area is 180 Å². The zero-order valence-electron chi connectivity index (χ0n) is 17.3. The SMILES string of the molecule is COc1ccc(CNC(=O)c2cc(-c3cccnc3)n(-c3ccc(OC)cc3)n2)cc1. The second-order valence-corrected chi connectivity index (χ2v) is 6.80. The number of methoxy groups -OCH3 is 2. The van der Waals surface area contributed by atoms with Gasteiger partial charge < -0.3 is 14.8 Å². The number of ether oxygens (including phenoxy) is 2. The van der Waals surface area contributed by atoms with Gasteiger partial charge in [0.1, 0.15) is 11.5 Å². The lowest BCUT2D eigenvalue weighted by molar-refractivity contribution is 0.0945. The Balaban J connectivity index is 1.61. The Kier molecular flexibility index (Phi) is 5.93. The van der Waals surface area contributed by atoms with E-state index in [0.717, 1.165) is 34.0 Å². The first kappa shape index (κ1) is 20.2. The van der Waals surface area contributed by atoms with Crippen LogP contribution < -0.4 is 14.8 Å². The zero-order chi connectivity index (χ0) is 21.6. The summed E-state index contributed by atoms with van der Waals surface area (Å²) < 4.78 is 12.1. The van der Waals surface area contributed by atoms with Crippen molar-refractivity contribution in [2.24, 2.45) is 0 Å². The third kappa shape index (κ3) is 4.56. The maximum atomic E-state index is 12.8. The number of pyridine rings is 1. The van der Waals surface area contributed by atoms with Crippen molar-refractivity contribution >= 4 is 5.91 Å². The van der Waals surface area contributed by atoms with Crippen LogP contribution in [0.25, 0.3) is 16.9 Å². The van der Waals surface area contributed by atoms with Crippen molar-refractivity contribution in [3.8, 4) is 28.4 Å². The van der Waals surface area contributed by atoms with Gasteiger partial charge >= 0.3 is 0 Å². The average Bonchev–Trinajstić information content (AvgIpc) is 3.29. The first-order valence-electron chi connectivity index (χ1n) is 9.74. The van der Waals surface area contributed by atoms with E-state index in [2.05, 4.69) is 15.4 Å². The lowest BCUT2D eigenvalue weighted by Crippen LogP contribution is -2.23. The number of carbonyl (C=O) groups is 1. The molecule has 2 heterocycles. The minimum atomic E-state index is -0.256. The number of amides is 1. The minimum Gasteiger partial charge on any atom is -0.497 e. The molecular formula is C24H22N4O3. The van der Waals surface area contributed by atoms with Crippen molar-refractivity contribution in [2.75, 3.05) is 14.2 Å². The molecule has 1 amide bonds. The Morgan fingerprint density at radius 2 is 1.65 bits per heavy atom. The number of nitrogens with one attached hydrogen (secondary N) is 1. The number of nitrogens with zero attached hydrogens (tertiary/aromatic N) is 3. The number of hydrogen-bond donors (Lipinski definition) is 1. The van der Waals surface area contributed by atoms with E-state index in [4.69, 9.17) is 9.47 Å².